The molecule has 2 N–H and O–H groups in total. The standard InChI is InChI=1S/C20H31N5O3S/c1-12-9-14(18(29(26)27)16(21)10-13(2)28-4)5-6-17(12)25(3)20-15-7-8-22-19(15)23-11-24-20/h7-8,11-14,17-18,21,29H,5-6,9-10H2,1-4H3,(H,22,23,24)/t12?,13-,14?,17?,18?/m0/s1. The van der Waals surface area contributed by atoms with Crippen molar-refractivity contribution in [3.8, 4) is 0 Å². The molecule has 1 saturated carbocycles. The van der Waals surface area contributed by atoms with E-state index in [2.05, 4.69) is 26.8 Å². The quantitative estimate of drug-likeness (QED) is 0.446. The van der Waals surface area contributed by atoms with Crippen LogP contribution in [-0.2, 0) is 15.4 Å². The molecule has 0 spiro atoms. The van der Waals surface area contributed by atoms with Crippen molar-refractivity contribution >= 4 is 33.3 Å². The molecular formula is C20H31N5O3S. The van der Waals surface area contributed by atoms with Gasteiger partial charge in [-0.1, -0.05) is 6.92 Å². The molecule has 2 aromatic rings. The Morgan fingerprint density at radius 2 is 2.17 bits per heavy atom. The van der Waals surface area contributed by atoms with Gasteiger partial charge in [0.05, 0.1) is 16.7 Å². The lowest BCUT2D eigenvalue weighted by Crippen LogP contribution is -2.45. The van der Waals surface area contributed by atoms with Crippen molar-refractivity contribution < 1.29 is 13.2 Å². The van der Waals surface area contributed by atoms with Crippen LogP contribution in [0.4, 0.5) is 5.82 Å². The van der Waals surface area contributed by atoms with Crippen LogP contribution in [0.2, 0.25) is 0 Å². The minimum atomic E-state index is -2.69. The molecule has 2 heterocycles. The van der Waals surface area contributed by atoms with Crippen LogP contribution in [0.3, 0.4) is 0 Å². The summed E-state index contributed by atoms with van der Waals surface area (Å²) in [4.78, 5) is 14.1. The molecule has 2 aromatic heterocycles. The maximum absolute atomic E-state index is 12.0. The highest BCUT2D eigenvalue weighted by molar-refractivity contribution is 7.74. The number of aromatic amines is 1. The summed E-state index contributed by atoms with van der Waals surface area (Å²) >= 11 is 0. The molecule has 0 amide bonds. The topological polar surface area (TPSA) is 112 Å². The summed E-state index contributed by atoms with van der Waals surface area (Å²) in [5, 5.41) is 8.64. The summed E-state index contributed by atoms with van der Waals surface area (Å²) in [5.74, 6) is 1.15. The molecule has 9 heteroatoms. The molecule has 0 aliphatic heterocycles. The second-order valence-corrected chi connectivity index (χ2v) is 9.30. The first-order chi connectivity index (χ1) is 13.8. The Kier molecular flexibility index (Phi) is 6.89. The molecule has 160 valence electrons. The lowest BCUT2D eigenvalue weighted by Gasteiger charge is -2.41. The van der Waals surface area contributed by atoms with Crippen LogP contribution in [0.25, 0.3) is 11.0 Å². The van der Waals surface area contributed by atoms with Gasteiger partial charge in [-0.05, 0) is 44.1 Å². The van der Waals surface area contributed by atoms with Crippen LogP contribution in [-0.4, -0.2) is 60.6 Å². The summed E-state index contributed by atoms with van der Waals surface area (Å²) in [7, 11) is 0.941. The predicted octanol–water partition coefficient (Wildman–Crippen LogP) is 2.62. The van der Waals surface area contributed by atoms with Crippen molar-refractivity contribution in [2.45, 2.75) is 56.9 Å². The van der Waals surface area contributed by atoms with E-state index < -0.39 is 16.0 Å². The number of methoxy groups -OCH3 is 1. The Morgan fingerprint density at radius 1 is 1.41 bits per heavy atom. The van der Waals surface area contributed by atoms with Crippen LogP contribution < -0.4 is 4.90 Å². The number of nitrogens with one attached hydrogen (secondary N) is 2. The van der Waals surface area contributed by atoms with E-state index in [1.54, 1.807) is 13.4 Å². The second kappa shape index (κ2) is 9.21. The van der Waals surface area contributed by atoms with Gasteiger partial charge in [0.25, 0.3) is 0 Å². The maximum Gasteiger partial charge on any atom is 0.148 e. The Labute approximate surface area is 173 Å². The minimum Gasteiger partial charge on any atom is -0.381 e. The fourth-order valence-corrected chi connectivity index (χ4v) is 5.65. The summed E-state index contributed by atoms with van der Waals surface area (Å²) in [6.07, 6.45) is 6.04. The fourth-order valence-electron chi connectivity index (χ4n) is 4.68. The molecule has 0 aromatic carbocycles. The van der Waals surface area contributed by atoms with Crippen molar-refractivity contribution in [1.29, 1.82) is 5.41 Å². The molecular weight excluding hydrogens is 390 g/mol. The van der Waals surface area contributed by atoms with Gasteiger partial charge in [-0.15, -0.1) is 0 Å². The minimum absolute atomic E-state index is 0.0232. The summed E-state index contributed by atoms with van der Waals surface area (Å²) in [6.45, 7) is 4.03. The van der Waals surface area contributed by atoms with Crippen LogP contribution in [0, 0.1) is 17.2 Å². The first kappa shape index (κ1) is 21.7. The third-order valence-electron chi connectivity index (χ3n) is 6.27. The lowest BCUT2D eigenvalue weighted by atomic mass is 9.75. The van der Waals surface area contributed by atoms with Gasteiger partial charge in [-0.25, -0.2) is 18.4 Å². The summed E-state index contributed by atoms with van der Waals surface area (Å²) in [5.41, 5.74) is 1.08. The van der Waals surface area contributed by atoms with Crippen LogP contribution in [0.15, 0.2) is 18.6 Å². The first-order valence-electron chi connectivity index (χ1n) is 10.1. The Bertz CT molecular complexity index is 920. The molecule has 0 radical (unpaired) electrons. The molecule has 8 nitrogen and oxygen atoms in total. The van der Waals surface area contributed by atoms with Crippen LogP contribution >= 0.6 is 0 Å². The van der Waals surface area contributed by atoms with E-state index >= 15 is 0 Å². The zero-order chi connectivity index (χ0) is 21.1. The molecule has 0 saturated heterocycles. The van der Waals surface area contributed by atoms with E-state index in [0.29, 0.717) is 6.42 Å². The van der Waals surface area contributed by atoms with Gasteiger partial charge < -0.3 is 20.0 Å². The van der Waals surface area contributed by atoms with Crippen molar-refractivity contribution in [2.24, 2.45) is 11.8 Å². The number of anilines is 1. The maximum atomic E-state index is 12.0. The Morgan fingerprint density at radius 3 is 2.83 bits per heavy atom. The molecule has 5 atom stereocenters. The van der Waals surface area contributed by atoms with Gasteiger partial charge in [0.15, 0.2) is 0 Å². The normalized spacial score (nSPS) is 24.5. The zero-order valence-electron chi connectivity index (χ0n) is 17.5. The number of rotatable bonds is 8. The molecule has 1 aliphatic carbocycles. The number of aromatic nitrogens is 3. The first-order valence-corrected chi connectivity index (χ1v) is 11.3. The van der Waals surface area contributed by atoms with E-state index in [-0.39, 0.29) is 29.7 Å². The van der Waals surface area contributed by atoms with Crippen molar-refractivity contribution in [3.63, 3.8) is 0 Å². The smallest absolute Gasteiger partial charge is 0.148 e. The van der Waals surface area contributed by atoms with E-state index in [1.807, 2.05) is 26.2 Å². The number of thiol groups is 1. The molecule has 1 fully saturated rings. The molecule has 1 aliphatic rings. The van der Waals surface area contributed by atoms with Crippen molar-refractivity contribution in [1.82, 2.24) is 15.0 Å². The van der Waals surface area contributed by atoms with Crippen molar-refractivity contribution in [3.05, 3.63) is 18.6 Å². The van der Waals surface area contributed by atoms with Gasteiger partial charge in [0.2, 0.25) is 0 Å². The predicted molar refractivity (Wildman–Crippen MR) is 116 cm³/mol. The highest BCUT2D eigenvalue weighted by Crippen LogP contribution is 2.37. The van der Waals surface area contributed by atoms with Gasteiger partial charge in [-0.2, -0.15) is 0 Å². The second-order valence-electron chi connectivity index (χ2n) is 8.17. The largest absolute Gasteiger partial charge is 0.381 e. The van der Waals surface area contributed by atoms with E-state index in [1.165, 1.54) is 0 Å². The number of hydrogen-bond donors (Lipinski definition) is 3. The summed E-state index contributed by atoms with van der Waals surface area (Å²) in [6, 6.07) is 2.24. The average molecular weight is 422 g/mol. The van der Waals surface area contributed by atoms with Gasteiger partial charge >= 0.3 is 0 Å². The van der Waals surface area contributed by atoms with Gasteiger partial charge in [-0.3, -0.25) is 0 Å². The van der Waals surface area contributed by atoms with Crippen molar-refractivity contribution in [2.75, 3.05) is 19.1 Å². The number of H-pyrrole nitrogens is 1. The fraction of sp³-hybridized carbons (Fsp3) is 0.650. The molecule has 3 rings (SSSR count). The van der Waals surface area contributed by atoms with E-state index in [4.69, 9.17) is 10.1 Å². The third-order valence-corrected chi connectivity index (χ3v) is 7.46. The number of nitrogens with zero attached hydrogens (tertiary/aromatic N) is 3. The molecule has 29 heavy (non-hydrogen) atoms. The lowest BCUT2D eigenvalue weighted by molar-refractivity contribution is 0.123. The average Bonchev–Trinajstić information content (AvgIpc) is 3.16. The monoisotopic (exact) mass is 421 g/mol. The molecule has 0 bridgehead atoms. The van der Waals surface area contributed by atoms with Crippen LogP contribution in [0.5, 0.6) is 0 Å². The van der Waals surface area contributed by atoms with Crippen LogP contribution in [0.1, 0.15) is 39.5 Å². The Hall–Kier alpha value is -2.00. The zero-order valence-corrected chi connectivity index (χ0v) is 18.4. The van der Waals surface area contributed by atoms with E-state index in [9.17, 15) is 8.42 Å². The van der Waals surface area contributed by atoms with Gasteiger partial charge in [0.1, 0.15) is 28.5 Å². The van der Waals surface area contributed by atoms with Gasteiger partial charge in [0, 0.05) is 38.5 Å². The number of ether oxygens (including phenoxy) is 1. The SMILES string of the molecule is CO[C@@H](C)CC(=N)C(C1CCC(N(C)c2ncnc3[nH]ccc23)C(C)C1)[SH](=O)=O. The highest BCUT2D eigenvalue weighted by atomic mass is 32.2. The third kappa shape index (κ3) is 4.61. The Balaban J connectivity index is 1.74. The van der Waals surface area contributed by atoms with E-state index in [0.717, 1.165) is 36.1 Å². The highest BCUT2D eigenvalue weighted by Gasteiger charge is 2.37. The number of fused-ring (bicyclic) bond motifs is 1. The summed E-state index contributed by atoms with van der Waals surface area (Å²) < 4.78 is 29.2. The molecule has 4 unspecified atom stereocenters. The number of hydrogen-bond acceptors (Lipinski definition) is 7.